The van der Waals surface area contributed by atoms with Crippen LogP contribution in [0.15, 0.2) is 48.8 Å². The lowest BCUT2D eigenvalue weighted by atomic mass is 10.2. The van der Waals surface area contributed by atoms with Crippen LogP contribution in [-0.2, 0) is 4.79 Å². The predicted molar refractivity (Wildman–Crippen MR) is 75.3 cm³/mol. The molecule has 0 radical (unpaired) electrons. The zero-order valence-electron chi connectivity index (χ0n) is 10.8. The van der Waals surface area contributed by atoms with Crippen molar-refractivity contribution in [2.24, 2.45) is 0 Å². The standard InChI is InChI=1S/C15H11FN2O3/c16-11-3-1-2-10(8-11)4-5-14(19)18-13-9-17-7-6-12(13)15(20)21/h1-9H,(H,18,19)(H,20,21). The summed E-state index contributed by atoms with van der Waals surface area (Å²) in [5.74, 6) is -2.10. The molecule has 0 aliphatic carbocycles. The Morgan fingerprint density at radius 2 is 2.10 bits per heavy atom. The highest BCUT2D eigenvalue weighted by Crippen LogP contribution is 2.13. The lowest BCUT2D eigenvalue weighted by Crippen LogP contribution is -2.12. The number of aromatic nitrogens is 1. The zero-order chi connectivity index (χ0) is 15.2. The predicted octanol–water partition coefficient (Wildman–Crippen LogP) is 2.57. The van der Waals surface area contributed by atoms with Crippen molar-refractivity contribution in [1.29, 1.82) is 0 Å². The van der Waals surface area contributed by atoms with Crippen molar-refractivity contribution in [1.82, 2.24) is 4.98 Å². The largest absolute Gasteiger partial charge is 0.478 e. The van der Waals surface area contributed by atoms with Gasteiger partial charge in [-0.15, -0.1) is 0 Å². The smallest absolute Gasteiger partial charge is 0.337 e. The molecule has 1 aromatic heterocycles. The molecule has 0 aliphatic heterocycles. The summed E-state index contributed by atoms with van der Waals surface area (Å²) in [6.07, 6.45) is 5.18. The Hall–Kier alpha value is -3.02. The van der Waals surface area contributed by atoms with E-state index in [1.54, 1.807) is 6.07 Å². The Kier molecular flexibility index (Phi) is 4.40. The number of nitrogens with one attached hydrogen (secondary N) is 1. The van der Waals surface area contributed by atoms with Crippen molar-refractivity contribution in [3.8, 4) is 0 Å². The van der Waals surface area contributed by atoms with Crippen LogP contribution in [0.2, 0.25) is 0 Å². The van der Waals surface area contributed by atoms with E-state index in [1.165, 1.54) is 48.8 Å². The summed E-state index contributed by atoms with van der Waals surface area (Å²) >= 11 is 0. The summed E-state index contributed by atoms with van der Waals surface area (Å²) in [5.41, 5.74) is 0.561. The van der Waals surface area contributed by atoms with Crippen molar-refractivity contribution >= 4 is 23.6 Å². The molecule has 2 aromatic rings. The lowest BCUT2D eigenvalue weighted by Gasteiger charge is -2.05. The van der Waals surface area contributed by atoms with E-state index in [0.717, 1.165) is 0 Å². The third kappa shape index (κ3) is 3.97. The second kappa shape index (κ2) is 6.42. The first kappa shape index (κ1) is 14.4. The number of amides is 1. The summed E-state index contributed by atoms with van der Waals surface area (Å²) < 4.78 is 13.0. The fraction of sp³-hybridized carbons (Fsp3) is 0. The van der Waals surface area contributed by atoms with Crippen molar-refractivity contribution < 1.29 is 19.1 Å². The second-order valence-corrected chi connectivity index (χ2v) is 4.10. The average molecular weight is 286 g/mol. The number of hydrogen-bond acceptors (Lipinski definition) is 3. The molecule has 2 N–H and O–H groups in total. The first-order chi connectivity index (χ1) is 10.1. The SMILES string of the molecule is O=C(C=Cc1cccc(F)c1)Nc1cnccc1C(=O)O. The van der Waals surface area contributed by atoms with Gasteiger partial charge in [0, 0.05) is 12.3 Å². The van der Waals surface area contributed by atoms with Crippen LogP contribution in [0.5, 0.6) is 0 Å². The Morgan fingerprint density at radius 3 is 2.81 bits per heavy atom. The molecule has 1 amide bonds. The second-order valence-electron chi connectivity index (χ2n) is 4.10. The number of halogens is 1. The molecular formula is C15H11FN2O3. The van der Waals surface area contributed by atoms with E-state index >= 15 is 0 Å². The van der Waals surface area contributed by atoms with Gasteiger partial charge in [-0.3, -0.25) is 9.78 Å². The van der Waals surface area contributed by atoms with Gasteiger partial charge >= 0.3 is 5.97 Å². The maximum atomic E-state index is 13.0. The molecule has 6 heteroatoms. The summed E-state index contributed by atoms with van der Waals surface area (Å²) in [5, 5.41) is 11.4. The molecule has 0 bridgehead atoms. The Bertz CT molecular complexity index is 714. The van der Waals surface area contributed by atoms with E-state index in [0.29, 0.717) is 5.56 Å². The quantitative estimate of drug-likeness (QED) is 0.847. The van der Waals surface area contributed by atoms with Crippen LogP contribution in [0, 0.1) is 5.82 Å². The first-order valence-electron chi connectivity index (χ1n) is 5.98. The summed E-state index contributed by atoms with van der Waals surface area (Å²) in [4.78, 5) is 26.5. The Labute approximate surface area is 119 Å². The number of hydrogen-bond donors (Lipinski definition) is 2. The fourth-order valence-corrected chi connectivity index (χ4v) is 1.64. The molecule has 5 nitrogen and oxygen atoms in total. The average Bonchev–Trinajstić information content (AvgIpc) is 2.45. The monoisotopic (exact) mass is 286 g/mol. The molecule has 0 spiro atoms. The first-order valence-corrected chi connectivity index (χ1v) is 5.98. The van der Waals surface area contributed by atoms with Crippen molar-refractivity contribution in [2.45, 2.75) is 0 Å². The molecule has 1 aromatic carbocycles. The van der Waals surface area contributed by atoms with E-state index in [9.17, 15) is 14.0 Å². The number of carboxylic acids is 1. The van der Waals surface area contributed by atoms with Crippen molar-refractivity contribution in [3.63, 3.8) is 0 Å². The third-order valence-electron chi connectivity index (χ3n) is 2.59. The van der Waals surface area contributed by atoms with Crippen LogP contribution in [-0.4, -0.2) is 22.0 Å². The minimum absolute atomic E-state index is 0.0579. The van der Waals surface area contributed by atoms with Gasteiger partial charge < -0.3 is 10.4 Å². The van der Waals surface area contributed by atoms with Crippen LogP contribution in [0.4, 0.5) is 10.1 Å². The molecule has 21 heavy (non-hydrogen) atoms. The summed E-state index contributed by atoms with van der Waals surface area (Å²) in [6, 6.07) is 7.02. The van der Waals surface area contributed by atoms with Gasteiger partial charge in [0.1, 0.15) is 5.82 Å². The number of anilines is 1. The molecule has 0 atom stereocenters. The molecule has 0 unspecified atom stereocenters. The lowest BCUT2D eigenvalue weighted by molar-refractivity contribution is -0.111. The maximum Gasteiger partial charge on any atom is 0.337 e. The van der Waals surface area contributed by atoms with Gasteiger partial charge in [0.25, 0.3) is 0 Å². The maximum absolute atomic E-state index is 13.0. The zero-order valence-corrected chi connectivity index (χ0v) is 10.8. The van der Waals surface area contributed by atoms with E-state index in [4.69, 9.17) is 5.11 Å². The highest BCUT2D eigenvalue weighted by molar-refractivity contribution is 6.05. The number of benzene rings is 1. The molecule has 0 saturated carbocycles. The third-order valence-corrected chi connectivity index (χ3v) is 2.59. The van der Waals surface area contributed by atoms with Gasteiger partial charge in [0.05, 0.1) is 17.4 Å². The van der Waals surface area contributed by atoms with E-state index in [1.807, 2.05) is 0 Å². The van der Waals surface area contributed by atoms with Crippen LogP contribution in [0.25, 0.3) is 6.08 Å². The number of carbonyl (C=O) groups excluding carboxylic acids is 1. The van der Waals surface area contributed by atoms with Crippen LogP contribution < -0.4 is 5.32 Å². The molecular weight excluding hydrogens is 275 g/mol. The molecule has 0 saturated heterocycles. The molecule has 106 valence electrons. The van der Waals surface area contributed by atoms with E-state index in [2.05, 4.69) is 10.3 Å². The minimum atomic E-state index is -1.16. The van der Waals surface area contributed by atoms with E-state index in [-0.39, 0.29) is 11.3 Å². The number of carboxylic acid groups (broad SMARTS) is 1. The van der Waals surface area contributed by atoms with Crippen LogP contribution in [0.3, 0.4) is 0 Å². The van der Waals surface area contributed by atoms with Crippen LogP contribution >= 0.6 is 0 Å². The number of carbonyl (C=O) groups is 2. The number of pyridine rings is 1. The number of aromatic carboxylic acids is 1. The number of rotatable bonds is 4. The Balaban J connectivity index is 2.10. The van der Waals surface area contributed by atoms with Gasteiger partial charge in [-0.1, -0.05) is 12.1 Å². The summed E-state index contributed by atoms with van der Waals surface area (Å²) in [6.45, 7) is 0. The molecule has 0 fully saturated rings. The van der Waals surface area contributed by atoms with Gasteiger partial charge in [-0.05, 0) is 29.8 Å². The summed E-state index contributed by atoms with van der Waals surface area (Å²) in [7, 11) is 0. The normalized spacial score (nSPS) is 10.5. The molecule has 1 heterocycles. The fourth-order valence-electron chi connectivity index (χ4n) is 1.64. The topological polar surface area (TPSA) is 79.3 Å². The highest BCUT2D eigenvalue weighted by atomic mass is 19.1. The van der Waals surface area contributed by atoms with Gasteiger partial charge in [0.2, 0.25) is 5.91 Å². The van der Waals surface area contributed by atoms with Gasteiger partial charge in [-0.25, -0.2) is 9.18 Å². The van der Waals surface area contributed by atoms with E-state index < -0.39 is 17.7 Å². The molecule has 0 aliphatic rings. The van der Waals surface area contributed by atoms with Gasteiger partial charge in [-0.2, -0.15) is 0 Å². The highest BCUT2D eigenvalue weighted by Gasteiger charge is 2.10. The van der Waals surface area contributed by atoms with Crippen molar-refractivity contribution in [3.05, 3.63) is 65.7 Å². The van der Waals surface area contributed by atoms with Crippen LogP contribution in [0.1, 0.15) is 15.9 Å². The Morgan fingerprint density at radius 1 is 1.29 bits per heavy atom. The van der Waals surface area contributed by atoms with Crippen molar-refractivity contribution in [2.75, 3.05) is 5.32 Å². The molecule has 2 rings (SSSR count). The van der Waals surface area contributed by atoms with Gasteiger partial charge in [0.15, 0.2) is 0 Å². The minimum Gasteiger partial charge on any atom is -0.478 e. The number of nitrogens with zero attached hydrogens (tertiary/aromatic N) is 1.